The Hall–Kier alpha value is -0.610. The van der Waals surface area contributed by atoms with Gasteiger partial charge in [-0.25, -0.2) is 0 Å². The number of nitrogens with zero attached hydrogens (tertiary/aromatic N) is 2. The molecule has 4 heteroatoms. The van der Waals surface area contributed by atoms with E-state index in [4.69, 9.17) is 5.73 Å². The van der Waals surface area contributed by atoms with E-state index in [0.717, 1.165) is 32.5 Å². The molecule has 0 unspecified atom stereocenters. The minimum atomic E-state index is -0.391. The summed E-state index contributed by atoms with van der Waals surface area (Å²) < 4.78 is 0. The van der Waals surface area contributed by atoms with Crippen LogP contribution in [0.5, 0.6) is 0 Å². The van der Waals surface area contributed by atoms with Gasteiger partial charge in [0, 0.05) is 25.7 Å². The maximum Gasteiger partial charge on any atom is 0.240 e. The van der Waals surface area contributed by atoms with Gasteiger partial charge in [0.05, 0.1) is 6.04 Å². The van der Waals surface area contributed by atoms with E-state index < -0.39 is 6.04 Å². The standard InChI is InChI=1S/C16H33N3O/c1-12(2)18(6)11-13-7-9-19(10-8-13)15(20)14(17)16(3,4)5/h12-14H,7-11,17H2,1-6H3/t14-/m0/s1. The maximum atomic E-state index is 12.4. The fraction of sp³-hybridized carbons (Fsp3) is 0.938. The lowest BCUT2D eigenvalue weighted by molar-refractivity contribution is -0.136. The molecule has 2 N–H and O–H groups in total. The van der Waals surface area contributed by atoms with Crippen molar-refractivity contribution in [3.8, 4) is 0 Å². The fourth-order valence-electron chi connectivity index (χ4n) is 2.52. The average molecular weight is 283 g/mol. The van der Waals surface area contributed by atoms with Crippen molar-refractivity contribution in [3.05, 3.63) is 0 Å². The van der Waals surface area contributed by atoms with Crippen LogP contribution in [0.25, 0.3) is 0 Å². The quantitative estimate of drug-likeness (QED) is 0.858. The third-order valence-electron chi connectivity index (χ3n) is 4.55. The van der Waals surface area contributed by atoms with E-state index in [1.54, 1.807) is 0 Å². The molecular weight excluding hydrogens is 250 g/mol. The zero-order chi connectivity index (χ0) is 15.5. The van der Waals surface area contributed by atoms with Crippen molar-refractivity contribution in [3.63, 3.8) is 0 Å². The highest BCUT2D eigenvalue weighted by molar-refractivity contribution is 5.82. The molecule has 1 rings (SSSR count). The Morgan fingerprint density at radius 1 is 1.30 bits per heavy atom. The van der Waals surface area contributed by atoms with E-state index in [2.05, 4.69) is 25.8 Å². The minimum absolute atomic E-state index is 0.119. The van der Waals surface area contributed by atoms with E-state index in [-0.39, 0.29) is 11.3 Å². The predicted molar refractivity (Wildman–Crippen MR) is 84.5 cm³/mol. The van der Waals surface area contributed by atoms with Crippen molar-refractivity contribution >= 4 is 5.91 Å². The maximum absolute atomic E-state index is 12.4. The molecule has 1 aliphatic rings. The molecule has 20 heavy (non-hydrogen) atoms. The Kier molecular flexibility index (Phi) is 6.02. The van der Waals surface area contributed by atoms with Crippen molar-refractivity contribution in [1.82, 2.24) is 9.80 Å². The molecule has 0 saturated carbocycles. The first-order chi connectivity index (χ1) is 9.12. The van der Waals surface area contributed by atoms with Crippen molar-refractivity contribution in [1.29, 1.82) is 0 Å². The van der Waals surface area contributed by atoms with Crippen LogP contribution in [0.15, 0.2) is 0 Å². The number of carbonyl (C=O) groups is 1. The highest BCUT2D eigenvalue weighted by Gasteiger charge is 2.33. The van der Waals surface area contributed by atoms with Crippen LogP contribution < -0.4 is 5.73 Å². The summed E-state index contributed by atoms with van der Waals surface area (Å²) in [5.41, 5.74) is 5.92. The number of carbonyl (C=O) groups excluding carboxylic acids is 1. The van der Waals surface area contributed by atoms with Gasteiger partial charge in [-0.05, 0) is 45.1 Å². The second-order valence-corrected chi connectivity index (χ2v) is 7.65. The lowest BCUT2D eigenvalue weighted by Crippen LogP contribution is -2.52. The molecule has 0 bridgehead atoms. The van der Waals surface area contributed by atoms with Crippen LogP contribution in [-0.2, 0) is 4.79 Å². The number of likely N-dealkylation sites (tertiary alicyclic amines) is 1. The molecule has 0 aliphatic carbocycles. The summed E-state index contributed by atoms with van der Waals surface area (Å²) in [5.74, 6) is 0.825. The third-order valence-corrected chi connectivity index (χ3v) is 4.55. The van der Waals surface area contributed by atoms with E-state index >= 15 is 0 Å². The smallest absolute Gasteiger partial charge is 0.240 e. The SMILES string of the molecule is CC(C)N(C)CC1CCN(C(=O)[C@H](N)C(C)(C)C)CC1. The van der Waals surface area contributed by atoms with Gasteiger partial charge in [-0.1, -0.05) is 20.8 Å². The average Bonchev–Trinajstić information content (AvgIpc) is 2.36. The van der Waals surface area contributed by atoms with Crippen LogP contribution >= 0.6 is 0 Å². The van der Waals surface area contributed by atoms with Gasteiger partial charge in [0.15, 0.2) is 0 Å². The zero-order valence-corrected chi connectivity index (χ0v) is 14.1. The topological polar surface area (TPSA) is 49.6 Å². The normalized spacial score (nSPS) is 19.8. The fourth-order valence-corrected chi connectivity index (χ4v) is 2.52. The molecule has 1 saturated heterocycles. The highest BCUT2D eigenvalue weighted by Crippen LogP contribution is 2.23. The Morgan fingerprint density at radius 3 is 2.20 bits per heavy atom. The number of piperidine rings is 1. The molecule has 0 aromatic carbocycles. The summed E-state index contributed by atoms with van der Waals surface area (Å²) in [5, 5.41) is 0. The number of rotatable bonds is 4. The van der Waals surface area contributed by atoms with E-state index in [1.165, 1.54) is 0 Å². The molecule has 1 fully saturated rings. The Bertz CT molecular complexity index is 314. The van der Waals surface area contributed by atoms with Crippen LogP contribution in [-0.4, -0.2) is 54.5 Å². The Morgan fingerprint density at radius 2 is 1.80 bits per heavy atom. The molecule has 0 spiro atoms. The van der Waals surface area contributed by atoms with Crippen molar-refractivity contribution in [2.45, 2.75) is 59.5 Å². The van der Waals surface area contributed by atoms with Crippen molar-refractivity contribution in [2.24, 2.45) is 17.1 Å². The van der Waals surface area contributed by atoms with Crippen molar-refractivity contribution in [2.75, 3.05) is 26.7 Å². The number of nitrogens with two attached hydrogens (primary N) is 1. The molecule has 1 amide bonds. The predicted octanol–water partition coefficient (Wildman–Crippen LogP) is 1.94. The summed E-state index contributed by atoms with van der Waals surface area (Å²) in [4.78, 5) is 16.7. The van der Waals surface area contributed by atoms with Crippen LogP contribution in [0.1, 0.15) is 47.5 Å². The molecule has 118 valence electrons. The van der Waals surface area contributed by atoms with Gasteiger partial charge >= 0.3 is 0 Å². The second kappa shape index (κ2) is 6.90. The molecule has 1 aliphatic heterocycles. The lowest BCUT2D eigenvalue weighted by atomic mass is 9.86. The summed E-state index contributed by atoms with van der Waals surface area (Å²) in [6, 6.07) is 0.196. The Labute approximate surface area is 124 Å². The zero-order valence-electron chi connectivity index (χ0n) is 14.1. The van der Waals surface area contributed by atoms with Crippen LogP contribution in [0.3, 0.4) is 0 Å². The van der Waals surface area contributed by atoms with Gasteiger partial charge in [0.1, 0.15) is 0 Å². The molecule has 1 atom stereocenters. The summed E-state index contributed by atoms with van der Waals surface area (Å²) in [7, 11) is 2.18. The Balaban J connectivity index is 2.44. The second-order valence-electron chi connectivity index (χ2n) is 7.65. The number of hydrogen-bond acceptors (Lipinski definition) is 3. The summed E-state index contributed by atoms with van der Waals surface area (Å²) in [6.07, 6.45) is 2.19. The molecule has 4 nitrogen and oxygen atoms in total. The van der Waals surface area contributed by atoms with Gasteiger partial charge in [0.2, 0.25) is 5.91 Å². The van der Waals surface area contributed by atoms with Gasteiger partial charge < -0.3 is 15.5 Å². The lowest BCUT2D eigenvalue weighted by Gasteiger charge is -2.38. The minimum Gasteiger partial charge on any atom is -0.341 e. The van der Waals surface area contributed by atoms with Crippen LogP contribution in [0.4, 0.5) is 0 Å². The monoisotopic (exact) mass is 283 g/mol. The van der Waals surface area contributed by atoms with Gasteiger partial charge in [-0.3, -0.25) is 4.79 Å². The summed E-state index contributed by atoms with van der Waals surface area (Å²) >= 11 is 0. The largest absolute Gasteiger partial charge is 0.341 e. The third kappa shape index (κ3) is 4.74. The first kappa shape index (κ1) is 17.4. The number of amides is 1. The van der Waals surface area contributed by atoms with Crippen LogP contribution in [0.2, 0.25) is 0 Å². The van der Waals surface area contributed by atoms with E-state index in [1.807, 2.05) is 25.7 Å². The van der Waals surface area contributed by atoms with E-state index in [9.17, 15) is 4.79 Å². The molecule has 0 radical (unpaired) electrons. The highest BCUT2D eigenvalue weighted by atomic mass is 16.2. The molecule has 1 heterocycles. The van der Waals surface area contributed by atoms with Gasteiger partial charge in [-0.15, -0.1) is 0 Å². The summed E-state index contributed by atoms with van der Waals surface area (Å²) in [6.45, 7) is 13.4. The van der Waals surface area contributed by atoms with Gasteiger partial charge in [-0.2, -0.15) is 0 Å². The molecule has 0 aromatic rings. The van der Waals surface area contributed by atoms with E-state index in [0.29, 0.717) is 12.0 Å². The molecule has 0 aromatic heterocycles. The number of hydrogen-bond donors (Lipinski definition) is 1. The first-order valence-electron chi connectivity index (χ1n) is 7.87. The van der Waals surface area contributed by atoms with Crippen LogP contribution in [0, 0.1) is 11.3 Å². The van der Waals surface area contributed by atoms with Gasteiger partial charge in [0.25, 0.3) is 0 Å². The first-order valence-corrected chi connectivity index (χ1v) is 7.87. The van der Waals surface area contributed by atoms with Crippen molar-refractivity contribution < 1.29 is 4.79 Å². The molecular formula is C16H33N3O.